The van der Waals surface area contributed by atoms with Gasteiger partial charge in [-0.3, -0.25) is 9.69 Å². The molecule has 6 heteroatoms. The van der Waals surface area contributed by atoms with E-state index in [1.54, 1.807) is 0 Å². The molecule has 1 fully saturated rings. The second-order valence-corrected chi connectivity index (χ2v) is 8.94. The highest BCUT2D eigenvalue weighted by molar-refractivity contribution is 9.10. The van der Waals surface area contributed by atoms with E-state index in [1.165, 1.54) is 0 Å². The Morgan fingerprint density at radius 3 is 2.63 bits per heavy atom. The summed E-state index contributed by atoms with van der Waals surface area (Å²) >= 11 is 3.40. The van der Waals surface area contributed by atoms with Crippen LogP contribution in [0.2, 0.25) is 0 Å². The van der Waals surface area contributed by atoms with Crippen molar-refractivity contribution in [2.24, 2.45) is 0 Å². The van der Waals surface area contributed by atoms with Gasteiger partial charge in [-0.05, 0) is 49.2 Å². The summed E-state index contributed by atoms with van der Waals surface area (Å²) in [4.78, 5) is 14.6. The number of amides is 1. The van der Waals surface area contributed by atoms with E-state index in [2.05, 4.69) is 33.1 Å². The fourth-order valence-electron chi connectivity index (χ4n) is 3.87. The smallest absolute Gasteiger partial charge is 0.238 e. The van der Waals surface area contributed by atoms with Crippen LogP contribution in [0.4, 0.5) is 5.69 Å². The van der Waals surface area contributed by atoms with E-state index in [0.717, 1.165) is 41.6 Å². The van der Waals surface area contributed by atoms with Gasteiger partial charge in [-0.2, -0.15) is 0 Å². The van der Waals surface area contributed by atoms with Crippen molar-refractivity contribution < 1.29 is 14.6 Å². The van der Waals surface area contributed by atoms with Crippen LogP contribution in [0.15, 0.2) is 59.1 Å². The first kappa shape index (κ1) is 22.8. The normalized spacial score (nSPS) is 21.9. The molecule has 2 atom stereocenters. The molecule has 1 aliphatic rings. The number of likely N-dealkylation sites (tertiary alicyclic amines) is 1. The maximum atomic E-state index is 12.5. The Morgan fingerprint density at radius 1 is 1.20 bits per heavy atom. The summed E-state index contributed by atoms with van der Waals surface area (Å²) in [6, 6.07) is 17.2. The van der Waals surface area contributed by atoms with E-state index in [-0.39, 0.29) is 18.6 Å². The van der Waals surface area contributed by atoms with Crippen LogP contribution in [-0.4, -0.2) is 47.3 Å². The quantitative estimate of drug-likeness (QED) is 0.509. The number of benzene rings is 2. The lowest BCUT2D eigenvalue weighted by atomic mass is 9.83. The zero-order valence-corrected chi connectivity index (χ0v) is 19.1. The van der Waals surface area contributed by atoms with E-state index in [1.807, 2.05) is 54.6 Å². The van der Waals surface area contributed by atoms with Gasteiger partial charge in [-0.1, -0.05) is 60.3 Å². The number of hydrogen-bond donors (Lipinski definition) is 2. The van der Waals surface area contributed by atoms with Gasteiger partial charge in [0.15, 0.2) is 0 Å². The van der Waals surface area contributed by atoms with Crippen molar-refractivity contribution in [3.05, 3.63) is 59.1 Å². The highest BCUT2D eigenvalue weighted by atomic mass is 79.9. The number of rotatable bonds is 9. The number of aliphatic hydroxyl groups is 1. The van der Waals surface area contributed by atoms with Crippen molar-refractivity contribution in [1.29, 1.82) is 0 Å². The molecule has 30 heavy (non-hydrogen) atoms. The molecule has 1 saturated heterocycles. The molecule has 3 rings (SSSR count). The minimum absolute atomic E-state index is 0.0628. The minimum atomic E-state index is -0.871. The van der Waals surface area contributed by atoms with Gasteiger partial charge in [0.2, 0.25) is 5.91 Å². The summed E-state index contributed by atoms with van der Waals surface area (Å²) in [5.41, 5.74) is -0.0997. The molecule has 0 spiro atoms. The van der Waals surface area contributed by atoms with E-state index >= 15 is 0 Å². The van der Waals surface area contributed by atoms with Gasteiger partial charge in [0.25, 0.3) is 0 Å². The maximum absolute atomic E-state index is 12.5. The summed E-state index contributed by atoms with van der Waals surface area (Å²) in [7, 11) is 0. The summed E-state index contributed by atoms with van der Waals surface area (Å²) in [6.45, 7) is 3.63. The fourth-order valence-corrected chi connectivity index (χ4v) is 4.13. The third-order valence-corrected chi connectivity index (χ3v) is 6.14. The Kier molecular flexibility index (Phi) is 8.31. The molecule has 1 amide bonds. The number of ether oxygens (including phenoxy) is 1. The van der Waals surface area contributed by atoms with Crippen molar-refractivity contribution in [3.8, 4) is 5.75 Å². The highest BCUT2D eigenvalue weighted by Gasteiger charge is 2.43. The van der Waals surface area contributed by atoms with Gasteiger partial charge in [0, 0.05) is 23.2 Å². The maximum Gasteiger partial charge on any atom is 0.238 e. The van der Waals surface area contributed by atoms with E-state index < -0.39 is 5.60 Å². The third kappa shape index (κ3) is 6.56. The number of para-hydroxylation sites is 1. The van der Waals surface area contributed by atoms with Gasteiger partial charge in [0.1, 0.15) is 17.5 Å². The molecule has 0 radical (unpaired) electrons. The number of hydrogen-bond acceptors (Lipinski definition) is 4. The predicted molar refractivity (Wildman–Crippen MR) is 124 cm³/mol. The zero-order valence-electron chi connectivity index (χ0n) is 17.5. The van der Waals surface area contributed by atoms with Gasteiger partial charge >= 0.3 is 0 Å². The predicted octanol–water partition coefficient (Wildman–Crippen LogP) is 4.85. The van der Waals surface area contributed by atoms with Crippen molar-refractivity contribution in [2.45, 2.75) is 50.7 Å². The lowest BCUT2D eigenvalue weighted by Gasteiger charge is -2.44. The summed E-state index contributed by atoms with van der Waals surface area (Å²) < 4.78 is 7.19. The van der Waals surface area contributed by atoms with Crippen LogP contribution in [0.5, 0.6) is 5.75 Å². The number of piperidine rings is 1. The van der Waals surface area contributed by atoms with Crippen molar-refractivity contribution in [3.63, 3.8) is 0 Å². The topological polar surface area (TPSA) is 61.8 Å². The van der Waals surface area contributed by atoms with Crippen LogP contribution in [0, 0.1) is 0 Å². The lowest BCUT2D eigenvalue weighted by Crippen LogP contribution is -2.58. The van der Waals surface area contributed by atoms with Crippen LogP contribution in [-0.2, 0) is 4.79 Å². The molecule has 0 saturated carbocycles. The number of carbonyl (C=O) groups excluding carboxylic acids is 1. The Balaban J connectivity index is 1.63. The van der Waals surface area contributed by atoms with E-state index in [4.69, 9.17) is 4.74 Å². The number of anilines is 1. The van der Waals surface area contributed by atoms with Gasteiger partial charge in [0.05, 0.1) is 6.54 Å². The Hall–Kier alpha value is -1.89. The van der Waals surface area contributed by atoms with Crippen molar-refractivity contribution >= 4 is 27.5 Å². The Morgan fingerprint density at radius 2 is 1.93 bits per heavy atom. The number of halogens is 1. The van der Waals surface area contributed by atoms with Crippen LogP contribution < -0.4 is 10.1 Å². The molecule has 1 heterocycles. The summed E-state index contributed by atoms with van der Waals surface area (Å²) in [5.74, 6) is 0.685. The largest absolute Gasteiger partial charge is 0.486 e. The SMILES string of the molecule is CCCCC[C@]1(O)CCN(CC(=O)Nc2ccc(Br)cc2)C[C@@H]1Oc1ccccc1. The second-order valence-electron chi connectivity index (χ2n) is 8.02. The molecule has 0 bridgehead atoms. The first-order chi connectivity index (χ1) is 14.5. The highest BCUT2D eigenvalue weighted by Crippen LogP contribution is 2.31. The fraction of sp³-hybridized carbons (Fsp3) is 0.458. The molecule has 5 nitrogen and oxygen atoms in total. The van der Waals surface area contributed by atoms with Crippen molar-refractivity contribution in [1.82, 2.24) is 4.90 Å². The molecule has 0 aromatic heterocycles. The van der Waals surface area contributed by atoms with Crippen LogP contribution in [0.3, 0.4) is 0 Å². The number of nitrogens with zero attached hydrogens (tertiary/aromatic N) is 1. The first-order valence-electron chi connectivity index (χ1n) is 10.7. The Bertz CT molecular complexity index is 800. The number of unbranched alkanes of at least 4 members (excludes halogenated alkanes) is 2. The third-order valence-electron chi connectivity index (χ3n) is 5.61. The van der Waals surface area contributed by atoms with Gasteiger partial charge in [-0.15, -0.1) is 0 Å². The Labute approximate surface area is 187 Å². The first-order valence-corrected chi connectivity index (χ1v) is 11.5. The molecule has 1 aliphatic heterocycles. The van der Waals surface area contributed by atoms with Crippen molar-refractivity contribution in [2.75, 3.05) is 25.0 Å². The molecule has 2 N–H and O–H groups in total. The number of carbonyl (C=O) groups is 1. The van der Waals surface area contributed by atoms with Crippen LogP contribution >= 0.6 is 15.9 Å². The molecule has 2 aromatic rings. The van der Waals surface area contributed by atoms with E-state index in [9.17, 15) is 9.90 Å². The van der Waals surface area contributed by atoms with Gasteiger partial charge in [-0.25, -0.2) is 0 Å². The monoisotopic (exact) mass is 474 g/mol. The molecule has 162 valence electrons. The molecular weight excluding hydrogens is 444 g/mol. The zero-order chi connectivity index (χ0) is 21.4. The molecular formula is C24H31BrN2O3. The molecule has 2 aromatic carbocycles. The van der Waals surface area contributed by atoms with Crippen LogP contribution in [0.25, 0.3) is 0 Å². The van der Waals surface area contributed by atoms with Crippen LogP contribution in [0.1, 0.15) is 39.0 Å². The lowest BCUT2D eigenvalue weighted by molar-refractivity contribution is -0.127. The molecule has 0 aliphatic carbocycles. The number of nitrogens with one attached hydrogen (secondary N) is 1. The molecule has 0 unspecified atom stereocenters. The minimum Gasteiger partial charge on any atom is -0.486 e. The van der Waals surface area contributed by atoms with Gasteiger partial charge < -0.3 is 15.2 Å². The van der Waals surface area contributed by atoms with E-state index in [0.29, 0.717) is 19.5 Å². The summed E-state index contributed by atoms with van der Waals surface area (Å²) in [5, 5.41) is 14.3. The standard InChI is InChI=1S/C24H31BrN2O3/c1-2-3-7-14-24(29)15-16-27(17-22(24)30-21-8-5-4-6-9-21)18-23(28)26-20-12-10-19(25)11-13-20/h4-6,8-13,22,29H,2-3,7,14-18H2,1H3,(H,26,28)/t22-,24-/m0/s1. The average molecular weight is 475 g/mol. The summed E-state index contributed by atoms with van der Waals surface area (Å²) in [6.07, 6.45) is 4.14. The second kappa shape index (κ2) is 10.9. The average Bonchev–Trinajstić information content (AvgIpc) is 2.73.